The molecule has 45 heavy (non-hydrogen) atoms. The molecule has 0 saturated carbocycles. The van der Waals surface area contributed by atoms with Crippen LogP contribution in [0.2, 0.25) is 0 Å². The molecular weight excluding hydrogens is 576 g/mol. The smallest absolute Gasteiger partial charge is 0.247 e. The molecule has 4 N–H and O–H groups in total. The third kappa shape index (κ3) is 10.2. The molecule has 0 radical (unpaired) electrons. The number of amides is 2. The van der Waals surface area contributed by atoms with Crippen LogP contribution in [-0.2, 0) is 20.9 Å². The lowest BCUT2D eigenvalue weighted by molar-refractivity contribution is -0.137. The summed E-state index contributed by atoms with van der Waals surface area (Å²) in [5, 5.41) is 33.8. The molecule has 1 heterocycles. The summed E-state index contributed by atoms with van der Waals surface area (Å²) in [5.41, 5.74) is 1.56. The molecule has 1 aliphatic carbocycles. The maximum atomic E-state index is 13.8. The molecule has 2 amide bonds. The molecule has 2 aliphatic rings. The van der Waals surface area contributed by atoms with E-state index in [9.17, 15) is 24.9 Å². The first-order valence-electron chi connectivity index (χ1n) is 17.0. The molecule has 0 saturated heterocycles. The largest absolute Gasteiger partial charge is 0.493 e. The van der Waals surface area contributed by atoms with Crippen molar-refractivity contribution < 1.29 is 39.1 Å². The molecule has 0 bridgehead atoms. The van der Waals surface area contributed by atoms with E-state index in [0.717, 1.165) is 19.3 Å². The third-order valence-electron chi connectivity index (χ3n) is 8.66. The predicted octanol–water partition coefficient (Wildman–Crippen LogP) is 4.37. The Labute approximate surface area is 269 Å². The van der Waals surface area contributed by atoms with Crippen molar-refractivity contribution in [3.63, 3.8) is 0 Å². The van der Waals surface area contributed by atoms with E-state index in [0.29, 0.717) is 54.2 Å². The molecule has 1 aliphatic heterocycles. The van der Waals surface area contributed by atoms with Crippen LogP contribution in [0.3, 0.4) is 0 Å². The first-order valence-corrected chi connectivity index (χ1v) is 17.0. The van der Waals surface area contributed by atoms with E-state index in [4.69, 9.17) is 14.2 Å². The van der Waals surface area contributed by atoms with Gasteiger partial charge in [0, 0.05) is 37.3 Å². The van der Waals surface area contributed by atoms with Gasteiger partial charge in [0.25, 0.3) is 0 Å². The summed E-state index contributed by atoms with van der Waals surface area (Å²) in [4.78, 5) is 29.0. The standard InChI is InChI=1S/C35H56N2O8/c1-5-6-7-8-9-10-11-12-13-15-30(40)37(17-14-19-44-24(2)3)28-22-27(35(42)36-16-18-38)31-26-20-25(23-39)21-29(43-4)33(26)45-34(31)32(28)41/h20-22,24,28,31-32,34,38-39,41H,5-19,23H2,1-4H3,(H,36,42). The average molecular weight is 633 g/mol. The van der Waals surface area contributed by atoms with Crippen molar-refractivity contribution in [1.29, 1.82) is 0 Å². The summed E-state index contributed by atoms with van der Waals surface area (Å²) >= 11 is 0. The van der Waals surface area contributed by atoms with Gasteiger partial charge >= 0.3 is 0 Å². The average Bonchev–Trinajstić information content (AvgIpc) is 3.42. The number of aliphatic hydroxyl groups excluding tert-OH is 3. The highest BCUT2D eigenvalue weighted by Gasteiger charge is 2.51. The van der Waals surface area contributed by atoms with E-state index in [1.165, 1.54) is 45.6 Å². The number of ether oxygens (including phenoxy) is 3. The van der Waals surface area contributed by atoms with Crippen LogP contribution in [0.4, 0.5) is 0 Å². The summed E-state index contributed by atoms with van der Waals surface area (Å²) in [6, 6.07) is 2.63. The molecule has 1 aromatic rings. The van der Waals surface area contributed by atoms with E-state index >= 15 is 0 Å². The van der Waals surface area contributed by atoms with Crippen LogP contribution >= 0.6 is 0 Å². The minimum Gasteiger partial charge on any atom is -0.493 e. The SMILES string of the molecule is CCCCCCCCCCCC(=O)N(CCCOC(C)C)C1C=C(C(=O)NCCO)C2c3cc(CO)cc(OC)c3OC2C1O. The molecule has 10 nitrogen and oxygen atoms in total. The molecule has 0 fully saturated rings. The van der Waals surface area contributed by atoms with Gasteiger partial charge in [0.05, 0.1) is 38.4 Å². The number of aliphatic hydroxyl groups is 3. The summed E-state index contributed by atoms with van der Waals surface area (Å²) in [5.74, 6) is -0.330. The predicted molar refractivity (Wildman–Crippen MR) is 173 cm³/mol. The van der Waals surface area contributed by atoms with Gasteiger partial charge in [0.15, 0.2) is 11.5 Å². The van der Waals surface area contributed by atoms with Crippen molar-refractivity contribution in [2.24, 2.45) is 0 Å². The summed E-state index contributed by atoms with van der Waals surface area (Å²) in [7, 11) is 1.50. The highest BCUT2D eigenvalue weighted by molar-refractivity contribution is 5.96. The highest BCUT2D eigenvalue weighted by Crippen LogP contribution is 2.51. The van der Waals surface area contributed by atoms with E-state index in [1.54, 1.807) is 23.1 Å². The zero-order valence-electron chi connectivity index (χ0n) is 27.8. The number of methoxy groups -OCH3 is 1. The van der Waals surface area contributed by atoms with Crippen molar-refractivity contribution >= 4 is 11.8 Å². The number of rotatable bonds is 21. The van der Waals surface area contributed by atoms with Gasteiger partial charge in [-0.3, -0.25) is 9.59 Å². The molecule has 1 aromatic carbocycles. The van der Waals surface area contributed by atoms with Crippen LogP contribution in [-0.4, -0.2) is 89.8 Å². The van der Waals surface area contributed by atoms with E-state index < -0.39 is 30.1 Å². The Morgan fingerprint density at radius 3 is 2.33 bits per heavy atom. The summed E-state index contributed by atoms with van der Waals surface area (Å²) in [6.45, 7) is 6.56. The Balaban J connectivity index is 1.85. The monoisotopic (exact) mass is 632 g/mol. The van der Waals surface area contributed by atoms with E-state index in [2.05, 4.69) is 12.2 Å². The second-order valence-corrected chi connectivity index (χ2v) is 12.5. The summed E-state index contributed by atoms with van der Waals surface area (Å²) in [6.07, 6.45) is 11.0. The second kappa shape index (κ2) is 19.1. The number of carbonyl (C=O) groups is 2. The minimum atomic E-state index is -1.13. The Bertz CT molecular complexity index is 1110. The van der Waals surface area contributed by atoms with Gasteiger partial charge in [0.1, 0.15) is 12.2 Å². The summed E-state index contributed by atoms with van der Waals surface area (Å²) < 4.78 is 17.6. The molecule has 0 spiro atoms. The Hall–Kier alpha value is -2.66. The van der Waals surface area contributed by atoms with Gasteiger partial charge in [-0.15, -0.1) is 0 Å². The van der Waals surface area contributed by atoms with Crippen LogP contribution in [0.25, 0.3) is 0 Å². The number of benzene rings is 1. The van der Waals surface area contributed by atoms with Gasteiger partial charge in [-0.25, -0.2) is 0 Å². The van der Waals surface area contributed by atoms with Gasteiger partial charge in [-0.2, -0.15) is 0 Å². The maximum absolute atomic E-state index is 13.8. The molecule has 4 atom stereocenters. The van der Waals surface area contributed by atoms with Gasteiger partial charge in [-0.05, 0) is 50.5 Å². The number of nitrogens with zero attached hydrogens (tertiary/aromatic N) is 1. The van der Waals surface area contributed by atoms with Crippen LogP contribution < -0.4 is 14.8 Å². The molecule has 10 heteroatoms. The molecule has 4 unspecified atom stereocenters. The van der Waals surface area contributed by atoms with Crippen LogP contribution in [0.15, 0.2) is 23.8 Å². The number of nitrogens with one attached hydrogen (secondary N) is 1. The van der Waals surface area contributed by atoms with Crippen LogP contribution in [0, 0.1) is 0 Å². The van der Waals surface area contributed by atoms with E-state index in [-0.39, 0.29) is 31.8 Å². The number of fused-ring (bicyclic) bond motifs is 3. The first kappa shape index (κ1) is 36.8. The van der Waals surface area contributed by atoms with Crippen molar-refractivity contribution in [2.45, 2.75) is 128 Å². The second-order valence-electron chi connectivity index (χ2n) is 12.5. The van der Waals surface area contributed by atoms with E-state index in [1.807, 2.05) is 13.8 Å². The van der Waals surface area contributed by atoms with Crippen molar-refractivity contribution in [2.75, 3.05) is 33.4 Å². The molecular formula is C35H56N2O8. The van der Waals surface area contributed by atoms with Crippen molar-refractivity contribution in [3.8, 4) is 11.5 Å². The lowest BCUT2D eigenvalue weighted by atomic mass is 9.77. The maximum Gasteiger partial charge on any atom is 0.247 e. The van der Waals surface area contributed by atoms with Crippen molar-refractivity contribution in [3.05, 3.63) is 34.9 Å². The number of hydrogen-bond donors (Lipinski definition) is 4. The number of carbonyl (C=O) groups excluding carboxylic acids is 2. The Morgan fingerprint density at radius 2 is 1.71 bits per heavy atom. The Kier molecular flexibility index (Phi) is 15.6. The Morgan fingerprint density at radius 1 is 1.02 bits per heavy atom. The molecule has 254 valence electrons. The quantitative estimate of drug-likeness (QED) is 0.147. The lowest BCUT2D eigenvalue weighted by Crippen LogP contribution is -2.56. The topological polar surface area (TPSA) is 138 Å². The van der Waals surface area contributed by atoms with Crippen LogP contribution in [0.5, 0.6) is 11.5 Å². The van der Waals surface area contributed by atoms with Crippen molar-refractivity contribution in [1.82, 2.24) is 10.2 Å². The van der Waals surface area contributed by atoms with Crippen LogP contribution in [0.1, 0.15) is 108 Å². The zero-order chi connectivity index (χ0) is 32.8. The molecule has 3 rings (SSSR count). The highest BCUT2D eigenvalue weighted by atomic mass is 16.5. The van der Waals surface area contributed by atoms with Gasteiger partial charge in [0.2, 0.25) is 11.8 Å². The minimum absolute atomic E-state index is 0.0578. The molecule has 0 aromatic heterocycles. The van der Waals surface area contributed by atoms with Gasteiger partial charge in [-0.1, -0.05) is 58.3 Å². The third-order valence-corrected chi connectivity index (χ3v) is 8.66. The fourth-order valence-electron chi connectivity index (χ4n) is 6.34. The zero-order valence-corrected chi connectivity index (χ0v) is 27.8. The fourth-order valence-corrected chi connectivity index (χ4v) is 6.34. The van der Waals surface area contributed by atoms with Gasteiger partial charge < -0.3 is 39.7 Å². The first-order chi connectivity index (χ1) is 21.8. The fraction of sp³-hybridized carbons (Fsp3) is 0.714. The normalized spacial score (nSPS) is 20.3. The lowest BCUT2D eigenvalue weighted by Gasteiger charge is -2.41. The number of unbranched alkanes of at least 4 members (excludes halogenated alkanes) is 8. The number of hydrogen-bond acceptors (Lipinski definition) is 8.